The number of pyridine rings is 1. The van der Waals surface area contributed by atoms with Gasteiger partial charge in [0.05, 0.1) is 4.21 Å². The number of carbonyl (C=O) groups excluding carboxylic acids is 2. The van der Waals surface area contributed by atoms with Crippen molar-refractivity contribution in [1.82, 2.24) is 15.6 Å². The molecule has 8 heteroatoms. The Bertz CT molecular complexity index is 1160. The summed E-state index contributed by atoms with van der Waals surface area (Å²) in [5.74, 6) is 0.504. The van der Waals surface area contributed by atoms with E-state index >= 15 is 0 Å². The maximum Gasteiger partial charge on any atom is 0.287 e. The van der Waals surface area contributed by atoms with E-state index < -0.39 is 0 Å². The minimum atomic E-state index is -0.306. The summed E-state index contributed by atoms with van der Waals surface area (Å²) in [5.41, 5.74) is 2.53. The number of hydrogen-bond donors (Lipinski definition) is 2. The number of thioether (sulfide) groups is 1. The normalized spacial score (nSPS) is 10.8. The zero-order valence-electron chi connectivity index (χ0n) is 16.7. The van der Waals surface area contributed by atoms with E-state index in [0.717, 1.165) is 16.5 Å². The molecule has 0 spiro atoms. The van der Waals surface area contributed by atoms with Crippen LogP contribution >= 0.6 is 23.1 Å². The Morgan fingerprint density at radius 2 is 1.87 bits per heavy atom. The summed E-state index contributed by atoms with van der Waals surface area (Å²) in [4.78, 5) is 28.8. The maximum absolute atomic E-state index is 12.8. The van der Waals surface area contributed by atoms with Crippen LogP contribution in [0.15, 0.2) is 74.9 Å². The summed E-state index contributed by atoms with van der Waals surface area (Å²) in [7, 11) is 0. The van der Waals surface area contributed by atoms with E-state index in [4.69, 9.17) is 4.42 Å². The molecule has 3 aromatic heterocycles. The van der Waals surface area contributed by atoms with E-state index in [-0.39, 0.29) is 24.8 Å². The molecule has 0 atom stereocenters. The van der Waals surface area contributed by atoms with Crippen LogP contribution in [0.4, 0.5) is 0 Å². The Morgan fingerprint density at radius 3 is 2.68 bits per heavy atom. The molecule has 31 heavy (non-hydrogen) atoms. The fourth-order valence-electron chi connectivity index (χ4n) is 3.07. The lowest BCUT2D eigenvalue weighted by Crippen LogP contribution is -2.30. The standard InChI is InChI=1S/C23H21N3O3S2/c27-20(26-14-16-7-10-24-11-8-16)9-12-25-23(28)22-18(15-31-21-6-3-13-30-21)17-4-1-2-5-19(17)29-22/h1-8,10-11,13H,9,12,14-15H2,(H,25,28)(H,26,27). The van der Waals surface area contributed by atoms with Crippen molar-refractivity contribution in [3.05, 3.63) is 83.2 Å². The first-order valence-electron chi connectivity index (χ1n) is 9.81. The van der Waals surface area contributed by atoms with Crippen molar-refractivity contribution < 1.29 is 14.0 Å². The predicted molar refractivity (Wildman–Crippen MR) is 123 cm³/mol. The van der Waals surface area contributed by atoms with E-state index in [9.17, 15) is 9.59 Å². The van der Waals surface area contributed by atoms with Crippen molar-refractivity contribution in [3.8, 4) is 0 Å². The van der Waals surface area contributed by atoms with Crippen LogP contribution in [0.1, 0.15) is 28.1 Å². The highest BCUT2D eigenvalue weighted by molar-refractivity contribution is 8.00. The molecule has 0 radical (unpaired) electrons. The first kappa shape index (κ1) is 21.1. The van der Waals surface area contributed by atoms with Crippen LogP contribution in [0.5, 0.6) is 0 Å². The molecule has 6 nitrogen and oxygen atoms in total. The topological polar surface area (TPSA) is 84.2 Å². The zero-order valence-corrected chi connectivity index (χ0v) is 18.3. The lowest BCUT2D eigenvalue weighted by atomic mass is 10.1. The molecule has 3 heterocycles. The molecular weight excluding hydrogens is 430 g/mol. The van der Waals surface area contributed by atoms with Gasteiger partial charge in [0.15, 0.2) is 5.76 Å². The van der Waals surface area contributed by atoms with Crippen molar-refractivity contribution in [2.24, 2.45) is 0 Å². The van der Waals surface area contributed by atoms with Crippen molar-refractivity contribution >= 4 is 45.9 Å². The highest BCUT2D eigenvalue weighted by atomic mass is 32.2. The summed E-state index contributed by atoms with van der Waals surface area (Å²) >= 11 is 3.34. The fourth-order valence-corrected chi connectivity index (χ4v) is 4.89. The predicted octanol–water partition coefficient (Wildman–Crippen LogP) is 4.62. The smallest absolute Gasteiger partial charge is 0.287 e. The third-order valence-corrected chi connectivity index (χ3v) is 6.79. The van der Waals surface area contributed by atoms with Gasteiger partial charge in [-0.25, -0.2) is 0 Å². The first-order valence-corrected chi connectivity index (χ1v) is 11.7. The molecule has 0 aliphatic carbocycles. The first-order chi connectivity index (χ1) is 15.2. The number of carbonyl (C=O) groups is 2. The minimum absolute atomic E-state index is 0.129. The van der Waals surface area contributed by atoms with E-state index in [1.54, 1.807) is 35.5 Å². The molecule has 0 fully saturated rings. The Balaban J connectivity index is 1.35. The van der Waals surface area contributed by atoms with Gasteiger partial charge in [-0.3, -0.25) is 14.6 Å². The van der Waals surface area contributed by atoms with Crippen LogP contribution < -0.4 is 10.6 Å². The molecule has 2 amide bonds. The van der Waals surface area contributed by atoms with Gasteiger partial charge in [-0.2, -0.15) is 0 Å². The number of nitrogens with one attached hydrogen (secondary N) is 2. The summed E-state index contributed by atoms with van der Waals surface area (Å²) in [5, 5.41) is 8.62. The van der Waals surface area contributed by atoms with Gasteiger partial charge >= 0.3 is 0 Å². The Kier molecular flexibility index (Phi) is 7.01. The van der Waals surface area contributed by atoms with Crippen LogP contribution in [-0.2, 0) is 17.1 Å². The van der Waals surface area contributed by atoms with Crippen LogP contribution in [0, 0.1) is 0 Å². The minimum Gasteiger partial charge on any atom is -0.451 e. The van der Waals surface area contributed by atoms with Gasteiger partial charge in [0.2, 0.25) is 5.91 Å². The Hall–Kier alpha value is -3.10. The number of furan rings is 1. The van der Waals surface area contributed by atoms with Crippen LogP contribution in [0.2, 0.25) is 0 Å². The lowest BCUT2D eigenvalue weighted by Gasteiger charge is -2.07. The number of rotatable bonds is 9. The van der Waals surface area contributed by atoms with E-state index in [1.165, 1.54) is 4.21 Å². The van der Waals surface area contributed by atoms with Gasteiger partial charge in [-0.1, -0.05) is 24.3 Å². The summed E-state index contributed by atoms with van der Waals surface area (Å²) < 4.78 is 7.05. The van der Waals surface area contributed by atoms with Gasteiger partial charge < -0.3 is 15.1 Å². The molecule has 0 saturated heterocycles. The van der Waals surface area contributed by atoms with E-state index in [1.807, 2.05) is 47.8 Å². The van der Waals surface area contributed by atoms with Gasteiger partial charge in [0, 0.05) is 48.6 Å². The lowest BCUT2D eigenvalue weighted by molar-refractivity contribution is -0.121. The number of benzene rings is 1. The molecule has 4 aromatic rings. The molecule has 158 valence electrons. The number of nitrogens with zero attached hydrogens (tertiary/aromatic N) is 1. The van der Waals surface area contributed by atoms with Gasteiger partial charge in [0.1, 0.15) is 5.58 Å². The third kappa shape index (κ3) is 5.53. The molecule has 0 aliphatic heterocycles. The molecule has 2 N–H and O–H groups in total. The highest BCUT2D eigenvalue weighted by Gasteiger charge is 2.20. The fraction of sp³-hybridized carbons (Fsp3) is 0.174. The second kappa shape index (κ2) is 10.3. The van der Waals surface area contributed by atoms with Crippen molar-refractivity contribution in [1.29, 1.82) is 0 Å². The molecule has 0 bridgehead atoms. The van der Waals surface area contributed by atoms with E-state index in [2.05, 4.69) is 21.7 Å². The Morgan fingerprint density at radius 1 is 1.03 bits per heavy atom. The summed E-state index contributed by atoms with van der Waals surface area (Å²) in [6, 6.07) is 15.4. The van der Waals surface area contributed by atoms with Gasteiger partial charge in [-0.15, -0.1) is 23.1 Å². The average Bonchev–Trinajstić information content (AvgIpc) is 3.44. The summed E-state index contributed by atoms with van der Waals surface area (Å²) in [6.45, 7) is 0.665. The molecule has 1 aromatic carbocycles. The molecule has 0 unspecified atom stereocenters. The number of thiophene rings is 1. The second-order valence-electron chi connectivity index (χ2n) is 6.76. The van der Waals surface area contributed by atoms with Crippen LogP contribution in [0.25, 0.3) is 11.0 Å². The molecule has 0 saturated carbocycles. The molecule has 0 aliphatic rings. The zero-order chi connectivity index (χ0) is 21.5. The van der Waals surface area contributed by atoms with Crippen LogP contribution in [0.3, 0.4) is 0 Å². The molecular formula is C23H21N3O3S2. The van der Waals surface area contributed by atoms with Crippen molar-refractivity contribution in [3.63, 3.8) is 0 Å². The largest absolute Gasteiger partial charge is 0.451 e. The number of hydrogen-bond acceptors (Lipinski definition) is 6. The number of aromatic nitrogens is 1. The third-order valence-electron chi connectivity index (χ3n) is 4.64. The number of fused-ring (bicyclic) bond motifs is 1. The second-order valence-corrected chi connectivity index (χ2v) is 8.99. The SMILES string of the molecule is O=C(CCNC(=O)c1oc2ccccc2c1CSc1cccs1)NCc1ccncc1. The number of para-hydroxylation sites is 1. The van der Waals surface area contributed by atoms with Gasteiger partial charge in [-0.05, 0) is 35.2 Å². The number of amides is 2. The van der Waals surface area contributed by atoms with Gasteiger partial charge in [0.25, 0.3) is 5.91 Å². The molecule has 4 rings (SSSR count). The van der Waals surface area contributed by atoms with Crippen LogP contribution in [-0.4, -0.2) is 23.3 Å². The van der Waals surface area contributed by atoms with Crippen molar-refractivity contribution in [2.75, 3.05) is 6.54 Å². The maximum atomic E-state index is 12.8. The Labute approximate surface area is 188 Å². The average molecular weight is 452 g/mol. The van der Waals surface area contributed by atoms with E-state index in [0.29, 0.717) is 23.6 Å². The highest BCUT2D eigenvalue weighted by Crippen LogP contribution is 2.33. The monoisotopic (exact) mass is 451 g/mol. The summed E-state index contributed by atoms with van der Waals surface area (Å²) in [6.07, 6.45) is 3.56. The quantitative estimate of drug-likeness (QED) is 0.363. The van der Waals surface area contributed by atoms with Crippen molar-refractivity contribution in [2.45, 2.75) is 22.9 Å².